The molecule has 1 aromatic heterocycles. The first-order valence-electron chi connectivity index (χ1n) is 6.53. The van der Waals surface area contributed by atoms with E-state index in [0.29, 0.717) is 11.5 Å². The van der Waals surface area contributed by atoms with Crippen LogP contribution in [0.4, 0.5) is 11.5 Å². The van der Waals surface area contributed by atoms with Crippen molar-refractivity contribution in [3.8, 4) is 0 Å². The molecule has 20 heavy (non-hydrogen) atoms. The van der Waals surface area contributed by atoms with E-state index in [1.54, 1.807) is 11.9 Å². The molecule has 0 atom stereocenters. The number of anilines is 2. The van der Waals surface area contributed by atoms with Crippen LogP contribution in [-0.4, -0.2) is 48.4 Å². The Bertz CT molecular complexity index is 525. The molecule has 108 valence electrons. The number of carbonyl (C=O) groups excluding carboxylic acids is 2. The first kappa shape index (κ1) is 14.1. The molecule has 1 saturated heterocycles. The first-order chi connectivity index (χ1) is 9.49. The fourth-order valence-corrected chi connectivity index (χ4v) is 2.30. The van der Waals surface area contributed by atoms with E-state index >= 15 is 0 Å². The number of nitrogen functional groups attached to an aromatic ring is 1. The van der Waals surface area contributed by atoms with Gasteiger partial charge in [0.25, 0.3) is 5.91 Å². The average molecular weight is 277 g/mol. The highest BCUT2D eigenvalue weighted by Gasteiger charge is 2.21. The van der Waals surface area contributed by atoms with Gasteiger partial charge in [-0.25, -0.2) is 4.98 Å². The minimum Gasteiger partial charge on any atom is -0.397 e. The van der Waals surface area contributed by atoms with Gasteiger partial charge in [0.2, 0.25) is 5.91 Å². The van der Waals surface area contributed by atoms with Crippen LogP contribution < -0.4 is 16.4 Å². The molecule has 2 amide bonds. The summed E-state index contributed by atoms with van der Waals surface area (Å²) in [6, 6.07) is 1.47. The van der Waals surface area contributed by atoms with Crippen molar-refractivity contribution in [2.45, 2.75) is 12.8 Å². The highest BCUT2D eigenvalue weighted by Crippen LogP contribution is 2.19. The third-order valence-electron chi connectivity index (χ3n) is 3.35. The number of likely N-dealkylation sites (N-methyl/N-ethyl adjacent to an activating group) is 1. The Hall–Kier alpha value is -2.31. The highest BCUT2D eigenvalue weighted by atomic mass is 16.2. The molecule has 7 nitrogen and oxygen atoms in total. The molecule has 7 heteroatoms. The van der Waals surface area contributed by atoms with Crippen molar-refractivity contribution in [2.75, 3.05) is 37.3 Å². The minimum absolute atomic E-state index is 0.0269. The Morgan fingerprint density at radius 2 is 2.05 bits per heavy atom. The molecule has 2 heterocycles. The maximum atomic E-state index is 12.1. The van der Waals surface area contributed by atoms with Crippen molar-refractivity contribution in [1.29, 1.82) is 0 Å². The van der Waals surface area contributed by atoms with Crippen LogP contribution in [0.25, 0.3) is 0 Å². The zero-order valence-corrected chi connectivity index (χ0v) is 11.5. The summed E-state index contributed by atoms with van der Waals surface area (Å²) < 4.78 is 0. The number of primary amides is 1. The summed E-state index contributed by atoms with van der Waals surface area (Å²) >= 11 is 0. The molecule has 0 unspecified atom stereocenters. The molecule has 4 N–H and O–H groups in total. The van der Waals surface area contributed by atoms with Crippen molar-refractivity contribution in [3.05, 3.63) is 17.8 Å². The van der Waals surface area contributed by atoms with E-state index < -0.39 is 5.91 Å². The molecule has 1 fully saturated rings. The monoisotopic (exact) mass is 277 g/mol. The van der Waals surface area contributed by atoms with E-state index in [2.05, 4.69) is 4.98 Å². The van der Waals surface area contributed by atoms with Crippen LogP contribution in [0.2, 0.25) is 0 Å². The van der Waals surface area contributed by atoms with E-state index in [9.17, 15) is 9.59 Å². The number of amides is 2. The second kappa shape index (κ2) is 5.77. The SMILES string of the molecule is CN(CC(=O)N1CCCC1)c1ncc(N)cc1C(N)=O. The lowest BCUT2D eigenvalue weighted by Crippen LogP contribution is -2.38. The fraction of sp³-hybridized carbons (Fsp3) is 0.462. The van der Waals surface area contributed by atoms with Crippen LogP contribution in [0.15, 0.2) is 12.3 Å². The van der Waals surface area contributed by atoms with E-state index in [1.165, 1.54) is 12.3 Å². The second-order valence-corrected chi connectivity index (χ2v) is 4.95. The molecule has 0 bridgehead atoms. The Morgan fingerprint density at radius 1 is 1.40 bits per heavy atom. The van der Waals surface area contributed by atoms with Gasteiger partial charge in [-0.1, -0.05) is 0 Å². The number of pyridine rings is 1. The summed E-state index contributed by atoms with van der Waals surface area (Å²) in [7, 11) is 1.71. The minimum atomic E-state index is -0.611. The summed E-state index contributed by atoms with van der Waals surface area (Å²) in [5.41, 5.74) is 11.5. The lowest BCUT2D eigenvalue weighted by molar-refractivity contribution is -0.128. The number of rotatable bonds is 4. The highest BCUT2D eigenvalue weighted by molar-refractivity contribution is 5.99. The van der Waals surface area contributed by atoms with E-state index in [4.69, 9.17) is 11.5 Å². The van der Waals surface area contributed by atoms with Crippen LogP contribution >= 0.6 is 0 Å². The molecule has 0 aliphatic carbocycles. The van der Waals surface area contributed by atoms with Crippen LogP contribution in [0, 0.1) is 0 Å². The Labute approximate surface area is 117 Å². The quantitative estimate of drug-likeness (QED) is 0.794. The fourth-order valence-electron chi connectivity index (χ4n) is 2.30. The van der Waals surface area contributed by atoms with Crippen molar-refractivity contribution in [1.82, 2.24) is 9.88 Å². The van der Waals surface area contributed by atoms with E-state index in [1.807, 2.05) is 4.90 Å². The van der Waals surface area contributed by atoms with Gasteiger partial charge in [0.15, 0.2) is 0 Å². The zero-order valence-electron chi connectivity index (χ0n) is 11.5. The Kier molecular flexibility index (Phi) is 4.07. The van der Waals surface area contributed by atoms with Crippen LogP contribution in [0.5, 0.6) is 0 Å². The van der Waals surface area contributed by atoms with Gasteiger partial charge in [-0.3, -0.25) is 9.59 Å². The van der Waals surface area contributed by atoms with Gasteiger partial charge in [-0.15, -0.1) is 0 Å². The third-order valence-corrected chi connectivity index (χ3v) is 3.35. The second-order valence-electron chi connectivity index (χ2n) is 4.95. The van der Waals surface area contributed by atoms with Gasteiger partial charge in [0.1, 0.15) is 5.82 Å². The Morgan fingerprint density at radius 3 is 2.65 bits per heavy atom. The normalized spacial score (nSPS) is 14.3. The maximum Gasteiger partial charge on any atom is 0.252 e. The number of nitrogens with two attached hydrogens (primary N) is 2. The molecular formula is C13H19N5O2. The van der Waals surface area contributed by atoms with Crippen LogP contribution in [0.3, 0.4) is 0 Å². The van der Waals surface area contributed by atoms with Crippen molar-refractivity contribution < 1.29 is 9.59 Å². The van der Waals surface area contributed by atoms with Gasteiger partial charge < -0.3 is 21.3 Å². The third kappa shape index (κ3) is 2.98. The molecule has 2 rings (SSSR count). The van der Waals surface area contributed by atoms with Gasteiger partial charge >= 0.3 is 0 Å². The van der Waals surface area contributed by atoms with Crippen molar-refractivity contribution in [2.24, 2.45) is 5.73 Å². The number of nitrogens with zero attached hydrogens (tertiary/aromatic N) is 3. The van der Waals surface area contributed by atoms with Gasteiger partial charge in [0, 0.05) is 20.1 Å². The summed E-state index contributed by atoms with van der Waals surface area (Å²) in [6.07, 6.45) is 3.53. The number of aromatic nitrogens is 1. The molecule has 0 spiro atoms. The molecule has 1 aliphatic heterocycles. The van der Waals surface area contributed by atoms with Crippen LogP contribution in [0.1, 0.15) is 23.2 Å². The number of hydrogen-bond acceptors (Lipinski definition) is 5. The smallest absolute Gasteiger partial charge is 0.252 e. The number of hydrogen-bond donors (Lipinski definition) is 2. The van der Waals surface area contributed by atoms with Crippen molar-refractivity contribution in [3.63, 3.8) is 0 Å². The summed E-state index contributed by atoms with van der Waals surface area (Å²) in [6.45, 7) is 1.76. The summed E-state index contributed by atoms with van der Waals surface area (Å²) in [4.78, 5) is 31.1. The standard InChI is InChI=1S/C13H19N5O2/c1-17(8-11(19)18-4-2-3-5-18)13-10(12(15)20)6-9(14)7-16-13/h6-7H,2-5,8,14H2,1H3,(H2,15,20). The van der Waals surface area contributed by atoms with Crippen LogP contribution in [-0.2, 0) is 4.79 Å². The summed E-state index contributed by atoms with van der Waals surface area (Å²) in [5.74, 6) is -0.210. The molecule has 1 aliphatic rings. The number of carbonyl (C=O) groups is 2. The predicted molar refractivity (Wildman–Crippen MR) is 76.3 cm³/mol. The van der Waals surface area contributed by atoms with Gasteiger partial charge in [-0.2, -0.15) is 0 Å². The molecule has 0 radical (unpaired) electrons. The topological polar surface area (TPSA) is 106 Å². The summed E-state index contributed by atoms with van der Waals surface area (Å²) in [5, 5.41) is 0. The molecule has 0 aromatic carbocycles. The van der Waals surface area contributed by atoms with E-state index in [0.717, 1.165) is 25.9 Å². The maximum absolute atomic E-state index is 12.1. The first-order valence-corrected chi connectivity index (χ1v) is 6.53. The van der Waals surface area contributed by atoms with Gasteiger partial charge in [0.05, 0.1) is 24.0 Å². The number of likely N-dealkylation sites (tertiary alicyclic amines) is 1. The average Bonchev–Trinajstić information content (AvgIpc) is 2.92. The lowest BCUT2D eigenvalue weighted by Gasteiger charge is -2.23. The molecular weight excluding hydrogens is 258 g/mol. The van der Waals surface area contributed by atoms with Crippen molar-refractivity contribution >= 4 is 23.3 Å². The van der Waals surface area contributed by atoms with E-state index in [-0.39, 0.29) is 18.0 Å². The molecule has 0 saturated carbocycles. The molecule has 1 aromatic rings. The Balaban J connectivity index is 2.14. The van der Waals surface area contributed by atoms with Gasteiger partial charge in [-0.05, 0) is 18.9 Å². The lowest BCUT2D eigenvalue weighted by atomic mass is 10.2. The predicted octanol–water partition coefficient (Wildman–Crippen LogP) is -0.179. The zero-order chi connectivity index (χ0) is 14.7. The largest absolute Gasteiger partial charge is 0.397 e.